The van der Waals surface area contributed by atoms with Crippen LogP contribution in [0.5, 0.6) is 5.88 Å². The van der Waals surface area contributed by atoms with Gasteiger partial charge in [0.15, 0.2) is 0 Å². The Balaban J connectivity index is 2.27. The quantitative estimate of drug-likeness (QED) is 0.847. The van der Waals surface area contributed by atoms with Gasteiger partial charge in [0.05, 0.1) is 20.4 Å². The second kappa shape index (κ2) is 5.81. The number of rotatable bonds is 4. The van der Waals surface area contributed by atoms with Gasteiger partial charge in [0.1, 0.15) is 5.56 Å². The molecule has 6 heteroatoms. The smallest absolute Gasteiger partial charge is 0.344 e. The fourth-order valence-corrected chi connectivity index (χ4v) is 1.48. The Morgan fingerprint density at radius 1 is 1.21 bits per heavy atom. The highest BCUT2D eigenvalue weighted by molar-refractivity contribution is 5.91. The highest BCUT2D eigenvalue weighted by Gasteiger charge is 2.15. The number of nitrogens with zero attached hydrogens (tertiary/aromatic N) is 2. The third-order valence-electron chi connectivity index (χ3n) is 2.38. The van der Waals surface area contributed by atoms with E-state index in [4.69, 9.17) is 4.74 Å². The molecule has 1 N–H and O–H groups in total. The maximum Gasteiger partial charge on any atom is 0.344 e. The van der Waals surface area contributed by atoms with Gasteiger partial charge in [-0.3, -0.25) is 0 Å². The summed E-state index contributed by atoms with van der Waals surface area (Å²) in [4.78, 5) is 19.6. The maximum atomic E-state index is 11.5. The van der Waals surface area contributed by atoms with E-state index in [9.17, 15) is 4.79 Å². The Bertz CT molecular complexity index is 573. The van der Waals surface area contributed by atoms with Crippen molar-refractivity contribution in [3.8, 4) is 5.88 Å². The molecule has 6 nitrogen and oxygen atoms in total. The lowest BCUT2D eigenvalue weighted by Gasteiger charge is -2.08. The van der Waals surface area contributed by atoms with Crippen LogP contribution in [0, 0.1) is 0 Å². The van der Waals surface area contributed by atoms with Gasteiger partial charge >= 0.3 is 5.97 Å². The number of carbonyl (C=O) groups excluding carboxylic acids is 1. The van der Waals surface area contributed by atoms with E-state index in [1.165, 1.54) is 20.4 Å². The third kappa shape index (κ3) is 2.98. The van der Waals surface area contributed by atoms with E-state index in [2.05, 4.69) is 20.0 Å². The number of benzene rings is 1. The molecule has 1 aromatic carbocycles. The fourth-order valence-electron chi connectivity index (χ4n) is 1.48. The first-order chi connectivity index (χ1) is 9.24. The largest absolute Gasteiger partial charge is 0.480 e. The van der Waals surface area contributed by atoms with Gasteiger partial charge in [-0.25, -0.2) is 9.78 Å². The molecule has 0 aliphatic carbocycles. The molecule has 0 saturated carbocycles. The number of para-hydroxylation sites is 1. The number of hydrogen-bond acceptors (Lipinski definition) is 6. The zero-order valence-electron chi connectivity index (χ0n) is 10.6. The van der Waals surface area contributed by atoms with Gasteiger partial charge in [0.2, 0.25) is 11.8 Å². The first-order valence-electron chi connectivity index (χ1n) is 5.56. The number of carbonyl (C=O) groups is 1. The molecular weight excluding hydrogens is 246 g/mol. The summed E-state index contributed by atoms with van der Waals surface area (Å²) in [5.74, 6) is -0.0286. The Labute approximate surface area is 110 Å². The SMILES string of the molecule is COC(=O)c1cnc(Nc2ccccc2)nc1OC. The van der Waals surface area contributed by atoms with E-state index in [0.29, 0.717) is 5.95 Å². The van der Waals surface area contributed by atoms with Crippen molar-refractivity contribution in [2.75, 3.05) is 19.5 Å². The summed E-state index contributed by atoms with van der Waals surface area (Å²) in [6.07, 6.45) is 1.36. The number of anilines is 2. The van der Waals surface area contributed by atoms with Crippen molar-refractivity contribution in [3.05, 3.63) is 42.1 Å². The summed E-state index contributed by atoms with van der Waals surface area (Å²) >= 11 is 0. The second-order valence-corrected chi connectivity index (χ2v) is 3.60. The van der Waals surface area contributed by atoms with E-state index >= 15 is 0 Å². The summed E-state index contributed by atoms with van der Waals surface area (Å²) in [5, 5.41) is 3.01. The normalized spacial score (nSPS) is 9.79. The van der Waals surface area contributed by atoms with Crippen LogP contribution in [0.1, 0.15) is 10.4 Å². The van der Waals surface area contributed by atoms with E-state index in [1.54, 1.807) is 0 Å². The van der Waals surface area contributed by atoms with Crippen molar-refractivity contribution in [2.24, 2.45) is 0 Å². The molecule has 0 unspecified atom stereocenters. The maximum absolute atomic E-state index is 11.5. The number of aromatic nitrogens is 2. The summed E-state index contributed by atoms with van der Waals surface area (Å²) in [6, 6.07) is 9.45. The molecule has 2 rings (SSSR count). The van der Waals surface area contributed by atoms with Crippen LogP contribution >= 0.6 is 0 Å². The lowest BCUT2D eigenvalue weighted by molar-refractivity contribution is 0.0595. The predicted octanol–water partition coefficient (Wildman–Crippen LogP) is 2.02. The molecular formula is C13H13N3O3. The lowest BCUT2D eigenvalue weighted by atomic mass is 10.3. The van der Waals surface area contributed by atoms with E-state index in [-0.39, 0.29) is 11.4 Å². The van der Waals surface area contributed by atoms with Crippen LogP contribution in [0.3, 0.4) is 0 Å². The number of hydrogen-bond donors (Lipinski definition) is 1. The average molecular weight is 259 g/mol. The van der Waals surface area contributed by atoms with Gasteiger partial charge < -0.3 is 14.8 Å². The zero-order valence-corrected chi connectivity index (χ0v) is 10.6. The Kier molecular flexibility index (Phi) is 3.92. The van der Waals surface area contributed by atoms with Crippen molar-refractivity contribution in [1.29, 1.82) is 0 Å². The summed E-state index contributed by atoms with van der Waals surface area (Å²) in [6.45, 7) is 0. The van der Waals surface area contributed by atoms with Gasteiger partial charge in [0, 0.05) is 5.69 Å². The Hall–Kier alpha value is -2.63. The molecule has 0 fully saturated rings. The number of ether oxygens (including phenoxy) is 2. The van der Waals surface area contributed by atoms with Gasteiger partial charge in [-0.2, -0.15) is 4.98 Å². The van der Waals surface area contributed by atoms with Crippen molar-refractivity contribution >= 4 is 17.6 Å². The minimum Gasteiger partial charge on any atom is -0.480 e. The van der Waals surface area contributed by atoms with Crippen molar-refractivity contribution in [2.45, 2.75) is 0 Å². The van der Waals surface area contributed by atoms with Crippen molar-refractivity contribution < 1.29 is 14.3 Å². The number of esters is 1. The molecule has 0 amide bonds. The molecule has 0 radical (unpaired) electrons. The van der Waals surface area contributed by atoms with E-state index in [1.807, 2.05) is 30.3 Å². The number of nitrogens with one attached hydrogen (secondary N) is 1. The molecule has 0 spiro atoms. The van der Waals surface area contributed by atoms with Crippen LogP contribution in [0.2, 0.25) is 0 Å². The molecule has 98 valence electrons. The van der Waals surface area contributed by atoms with Crippen LogP contribution in [0.4, 0.5) is 11.6 Å². The first-order valence-corrected chi connectivity index (χ1v) is 5.56. The Morgan fingerprint density at radius 2 is 1.95 bits per heavy atom. The lowest BCUT2D eigenvalue weighted by Crippen LogP contribution is -2.08. The van der Waals surface area contributed by atoms with Gasteiger partial charge in [-0.1, -0.05) is 18.2 Å². The van der Waals surface area contributed by atoms with E-state index in [0.717, 1.165) is 5.69 Å². The zero-order chi connectivity index (χ0) is 13.7. The highest BCUT2D eigenvalue weighted by atomic mass is 16.5. The first kappa shape index (κ1) is 12.8. The van der Waals surface area contributed by atoms with Crippen LogP contribution in [0.25, 0.3) is 0 Å². The molecule has 0 saturated heterocycles. The molecule has 0 bridgehead atoms. The van der Waals surface area contributed by atoms with Crippen molar-refractivity contribution in [3.63, 3.8) is 0 Å². The van der Waals surface area contributed by atoms with Gasteiger partial charge in [-0.15, -0.1) is 0 Å². The fraction of sp³-hybridized carbons (Fsp3) is 0.154. The average Bonchev–Trinajstić information content (AvgIpc) is 2.47. The topological polar surface area (TPSA) is 73.3 Å². The highest BCUT2D eigenvalue weighted by Crippen LogP contribution is 2.19. The van der Waals surface area contributed by atoms with Crippen LogP contribution in [-0.4, -0.2) is 30.2 Å². The van der Waals surface area contributed by atoms with Crippen LogP contribution in [-0.2, 0) is 4.74 Å². The van der Waals surface area contributed by atoms with E-state index < -0.39 is 5.97 Å². The van der Waals surface area contributed by atoms with Crippen LogP contribution < -0.4 is 10.1 Å². The van der Waals surface area contributed by atoms with Gasteiger partial charge in [0.25, 0.3) is 0 Å². The Morgan fingerprint density at radius 3 is 2.58 bits per heavy atom. The second-order valence-electron chi connectivity index (χ2n) is 3.60. The third-order valence-corrected chi connectivity index (χ3v) is 2.38. The standard InChI is InChI=1S/C13H13N3O3/c1-18-11-10(12(17)19-2)8-14-13(16-11)15-9-6-4-3-5-7-9/h3-8H,1-2H3,(H,14,15,16). The molecule has 0 aliphatic heterocycles. The van der Waals surface area contributed by atoms with Crippen LogP contribution in [0.15, 0.2) is 36.5 Å². The molecule has 2 aromatic rings. The minimum absolute atomic E-state index is 0.167. The predicted molar refractivity (Wildman–Crippen MR) is 69.6 cm³/mol. The minimum atomic E-state index is -0.539. The molecule has 0 atom stereocenters. The summed E-state index contributed by atoms with van der Waals surface area (Å²) in [7, 11) is 2.72. The molecule has 19 heavy (non-hydrogen) atoms. The summed E-state index contributed by atoms with van der Waals surface area (Å²) in [5.41, 5.74) is 1.03. The molecule has 1 heterocycles. The molecule has 1 aromatic heterocycles. The van der Waals surface area contributed by atoms with Gasteiger partial charge in [-0.05, 0) is 12.1 Å². The number of methoxy groups -OCH3 is 2. The molecule has 0 aliphatic rings. The summed E-state index contributed by atoms with van der Waals surface area (Å²) < 4.78 is 9.67. The van der Waals surface area contributed by atoms with Crippen molar-refractivity contribution in [1.82, 2.24) is 9.97 Å². The monoisotopic (exact) mass is 259 g/mol.